The van der Waals surface area contributed by atoms with E-state index in [1.54, 1.807) is 18.2 Å². The quantitative estimate of drug-likeness (QED) is 0.720. The number of nitrogens with two attached hydrogens (primary N) is 1. The Labute approximate surface area is 90.4 Å². The van der Waals surface area contributed by atoms with Crippen LogP contribution in [0.25, 0.3) is 10.9 Å². The molecule has 0 aliphatic carbocycles. The maximum Gasteiger partial charge on any atom is 0.359 e. The van der Waals surface area contributed by atoms with Crippen LogP contribution in [0.5, 0.6) is 0 Å². The maximum absolute atomic E-state index is 11.5. The highest BCUT2D eigenvalue weighted by molar-refractivity contribution is 6.02. The number of para-hydroxylation sites is 1. The zero-order chi connectivity index (χ0) is 11.5. The molecular weight excluding hydrogens is 210 g/mol. The van der Waals surface area contributed by atoms with Crippen LogP contribution < -0.4 is 5.73 Å². The summed E-state index contributed by atoms with van der Waals surface area (Å²) in [5, 5.41) is 7.16. The summed E-state index contributed by atoms with van der Waals surface area (Å²) >= 11 is 0. The fourth-order valence-electron chi connectivity index (χ4n) is 1.32. The van der Waals surface area contributed by atoms with E-state index in [0.717, 1.165) is 5.52 Å². The number of H-pyrrole nitrogens is 1. The number of hydrogen-bond donors (Lipinski definition) is 2. The number of nitrogens with one attached hydrogen (secondary N) is 1. The molecule has 0 atom stereocenters. The van der Waals surface area contributed by atoms with E-state index in [4.69, 9.17) is 5.73 Å². The smallest absolute Gasteiger partial charge is 0.359 e. The van der Waals surface area contributed by atoms with Gasteiger partial charge in [-0.1, -0.05) is 18.2 Å². The van der Waals surface area contributed by atoms with Crippen LogP contribution in [0.15, 0.2) is 24.3 Å². The summed E-state index contributed by atoms with van der Waals surface area (Å²) in [5.74, 6) is -1.37. The van der Waals surface area contributed by atoms with Gasteiger partial charge in [0.2, 0.25) is 0 Å². The molecule has 1 amide bonds. The van der Waals surface area contributed by atoms with E-state index >= 15 is 0 Å². The van der Waals surface area contributed by atoms with Crippen molar-refractivity contribution < 1.29 is 14.3 Å². The summed E-state index contributed by atoms with van der Waals surface area (Å²) in [7, 11) is 0. The van der Waals surface area contributed by atoms with E-state index in [1.807, 2.05) is 6.07 Å². The fraction of sp³-hybridized carbons (Fsp3) is 0.100. The molecule has 6 heteroatoms. The molecular formula is C10H9N3O3. The molecule has 1 heterocycles. The molecule has 0 spiro atoms. The predicted molar refractivity (Wildman–Crippen MR) is 55.6 cm³/mol. The molecule has 82 valence electrons. The highest BCUT2D eigenvalue weighted by atomic mass is 16.5. The van der Waals surface area contributed by atoms with Crippen LogP contribution in [0, 0.1) is 0 Å². The van der Waals surface area contributed by atoms with Crippen LogP contribution >= 0.6 is 0 Å². The number of fused-ring (bicyclic) bond motifs is 1. The number of aromatic amines is 1. The zero-order valence-corrected chi connectivity index (χ0v) is 8.27. The average molecular weight is 219 g/mol. The van der Waals surface area contributed by atoms with Crippen LogP contribution in [0.1, 0.15) is 10.5 Å². The molecule has 0 radical (unpaired) electrons. The Morgan fingerprint density at radius 3 is 2.88 bits per heavy atom. The number of benzene rings is 1. The summed E-state index contributed by atoms with van der Waals surface area (Å²) in [6, 6.07) is 7.12. The Kier molecular flexibility index (Phi) is 2.55. The Bertz CT molecular complexity index is 547. The van der Waals surface area contributed by atoms with Gasteiger partial charge in [0, 0.05) is 5.39 Å². The third kappa shape index (κ3) is 1.85. The van der Waals surface area contributed by atoms with Crippen LogP contribution in [-0.2, 0) is 9.53 Å². The van der Waals surface area contributed by atoms with E-state index in [-0.39, 0.29) is 5.69 Å². The first-order valence-electron chi connectivity index (χ1n) is 4.57. The largest absolute Gasteiger partial charge is 0.451 e. The fourth-order valence-corrected chi connectivity index (χ4v) is 1.32. The lowest BCUT2D eigenvalue weighted by Gasteiger charge is -1.98. The van der Waals surface area contributed by atoms with Crippen molar-refractivity contribution in [3.63, 3.8) is 0 Å². The van der Waals surface area contributed by atoms with Gasteiger partial charge in [-0.05, 0) is 6.07 Å². The minimum Gasteiger partial charge on any atom is -0.451 e. The van der Waals surface area contributed by atoms with Crippen molar-refractivity contribution in [3.8, 4) is 0 Å². The van der Waals surface area contributed by atoms with Crippen molar-refractivity contribution in [3.05, 3.63) is 30.0 Å². The Morgan fingerprint density at radius 1 is 1.38 bits per heavy atom. The topological polar surface area (TPSA) is 98.1 Å². The average Bonchev–Trinajstić information content (AvgIpc) is 2.69. The van der Waals surface area contributed by atoms with Crippen molar-refractivity contribution in [2.75, 3.05) is 6.61 Å². The van der Waals surface area contributed by atoms with Crippen molar-refractivity contribution >= 4 is 22.8 Å². The van der Waals surface area contributed by atoms with Gasteiger partial charge in [-0.3, -0.25) is 9.89 Å². The molecule has 0 aliphatic rings. The molecule has 3 N–H and O–H groups in total. The van der Waals surface area contributed by atoms with Gasteiger partial charge in [-0.2, -0.15) is 5.10 Å². The molecule has 2 rings (SSSR count). The lowest BCUT2D eigenvalue weighted by molar-refractivity contribution is -0.121. The number of ether oxygens (including phenoxy) is 1. The normalized spacial score (nSPS) is 10.2. The van der Waals surface area contributed by atoms with Gasteiger partial charge in [-0.25, -0.2) is 4.79 Å². The summed E-state index contributed by atoms with van der Waals surface area (Å²) in [6.07, 6.45) is 0. The van der Waals surface area contributed by atoms with Gasteiger partial charge in [0.15, 0.2) is 12.3 Å². The zero-order valence-electron chi connectivity index (χ0n) is 8.27. The summed E-state index contributed by atoms with van der Waals surface area (Å²) < 4.78 is 4.66. The third-order valence-corrected chi connectivity index (χ3v) is 2.01. The standard InChI is InChI=1S/C10H9N3O3/c11-8(14)5-16-10(15)9-6-3-1-2-4-7(6)12-13-9/h1-4H,5H2,(H2,11,14)(H,12,13). The molecule has 1 aromatic carbocycles. The number of rotatable bonds is 3. The SMILES string of the molecule is NC(=O)COC(=O)c1n[nH]c2ccccc12. The van der Waals surface area contributed by atoms with Gasteiger partial charge in [0.1, 0.15) is 0 Å². The Hall–Kier alpha value is -2.37. The lowest BCUT2D eigenvalue weighted by Crippen LogP contribution is -2.21. The van der Waals surface area contributed by atoms with Crippen LogP contribution in [0.3, 0.4) is 0 Å². The third-order valence-electron chi connectivity index (χ3n) is 2.01. The first-order chi connectivity index (χ1) is 7.68. The van der Waals surface area contributed by atoms with Crippen molar-refractivity contribution in [2.24, 2.45) is 5.73 Å². The first-order valence-corrected chi connectivity index (χ1v) is 4.57. The summed E-state index contributed by atoms with van der Waals surface area (Å²) in [4.78, 5) is 22.0. The van der Waals surface area contributed by atoms with E-state index in [2.05, 4.69) is 14.9 Å². The van der Waals surface area contributed by atoms with Gasteiger partial charge in [-0.15, -0.1) is 0 Å². The summed E-state index contributed by atoms with van der Waals surface area (Å²) in [6.45, 7) is -0.444. The van der Waals surface area contributed by atoms with Gasteiger partial charge >= 0.3 is 5.97 Å². The number of carbonyl (C=O) groups is 2. The summed E-state index contributed by atoms with van der Waals surface area (Å²) in [5.41, 5.74) is 5.74. The molecule has 16 heavy (non-hydrogen) atoms. The van der Waals surface area contributed by atoms with Gasteiger partial charge in [0.25, 0.3) is 5.91 Å². The maximum atomic E-state index is 11.5. The number of hydrogen-bond acceptors (Lipinski definition) is 4. The molecule has 0 saturated heterocycles. The molecule has 0 fully saturated rings. The number of carbonyl (C=O) groups excluding carboxylic acids is 2. The second kappa shape index (κ2) is 4.01. The van der Waals surface area contributed by atoms with Crippen molar-refractivity contribution in [1.82, 2.24) is 10.2 Å². The molecule has 6 nitrogen and oxygen atoms in total. The van der Waals surface area contributed by atoms with E-state index in [1.165, 1.54) is 0 Å². The van der Waals surface area contributed by atoms with Crippen LogP contribution in [0.4, 0.5) is 0 Å². The number of aromatic nitrogens is 2. The minimum atomic E-state index is -0.701. The molecule has 0 aliphatic heterocycles. The second-order valence-corrected chi connectivity index (χ2v) is 3.16. The molecule has 0 saturated carbocycles. The van der Waals surface area contributed by atoms with Gasteiger partial charge in [0.05, 0.1) is 5.52 Å². The minimum absolute atomic E-state index is 0.150. The number of esters is 1. The molecule has 0 bridgehead atoms. The number of amides is 1. The molecule has 1 aromatic heterocycles. The second-order valence-electron chi connectivity index (χ2n) is 3.16. The van der Waals surface area contributed by atoms with Crippen molar-refractivity contribution in [2.45, 2.75) is 0 Å². The highest BCUT2D eigenvalue weighted by Gasteiger charge is 2.15. The van der Waals surface area contributed by atoms with Crippen molar-refractivity contribution in [1.29, 1.82) is 0 Å². The van der Waals surface area contributed by atoms with Crippen LogP contribution in [-0.4, -0.2) is 28.7 Å². The molecule has 0 unspecified atom stereocenters. The lowest BCUT2D eigenvalue weighted by atomic mass is 10.2. The van der Waals surface area contributed by atoms with E-state index in [0.29, 0.717) is 5.39 Å². The van der Waals surface area contributed by atoms with Gasteiger partial charge < -0.3 is 10.5 Å². The Balaban J connectivity index is 2.26. The highest BCUT2D eigenvalue weighted by Crippen LogP contribution is 2.15. The molecule has 2 aromatic rings. The van der Waals surface area contributed by atoms with Crippen LogP contribution in [0.2, 0.25) is 0 Å². The predicted octanol–water partition coefficient (Wildman–Crippen LogP) is 0.205. The first kappa shape index (κ1) is 10.2. The number of nitrogens with zero attached hydrogens (tertiary/aromatic N) is 1. The van der Waals surface area contributed by atoms with E-state index in [9.17, 15) is 9.59 Å². The number of primary amides is 1. The monoisotopic (exact) mass is 219 g/mol. The van der Waals surface area contributed by atoms with E-state index < -0.39 is 18.5 Å². The Morgan fingerprint density at radius 2 is 2.12 bits per heavy atom.